The van der Waals surface area contributed by atoms with E-state index in [2.05, 4.69) is 10.3 Å². The molecule has 0 atom stereocenters. The summed E-state index contributed by atoms with van der Waals surface area (Å²) >= 11 is 0. The van der Waals surface area contributed by atoms with Gasteiger partial charge in [-0.15, -0.1) is 0 Å². The van der Waals surface area contributed by atoms with Crippen LogP contribution in [0.15, 0.2) is 16.5 Å². The monoisotopic (exact) mass is 270 g/mol. The molecule has 0 amide bonds. The number of oxazole rings is 1. The lowest BCUT2D eigenvalue weighted by molar-refractivity contribution is 0.438. The van der Waals surface area contributed by atoms with E-state index in [0.717, 1.165) is 23.6 Å². The second-order valence-corrected chi connectivity index (χ2v) is 4.23. The summed E-state index contributed by atoms with van der Waals surface area (Å²) < 4.78 is 44.0. The Labute approximate surface area is 108 Å². The zero-order valence-electron chi connectivity index (χ0n) is 10.6. The van der Waals surface area contributed by atoms with Gasteiger partial charge in [-0.25, -0.2) is 18.2 Å². The van der Waals surface area contributed by atoms with E-state index < -0.39 is 17.5 Å². The Hall–Kier alpha value is -1.82. The molecule has 0 radical (unpaired) electrons. The quantitative estimate of drug-likeness (QED) is 0.868. The average Bonchev–Trinajstić information content (AvgIpc) is 2.65. The molecule has 6 heteroatoms. The molecule has 0 saturated heterocycles. The molecule has 0 fully saturated rings. The van der Waals surface area contributed by atoms with Crippen molar-refractivity contribution >= 4 is 0 Å². The van der Waals surface area contributed by atoms with E-state index in [-0.39, 0.29) is 6.54 Å². The normalized spacial score (nSPS) is 11.0. The first-order chi connectivity index (χ1) is 8.97. The number of hydrogen-bond donors (Lipinski definition) is 1. The van der Waals surface area contributed by atoms with Crippen LogP contribution in [0.25, 0.3) is 0 Å². The maximum atomic E-state index is 13.0. The van der Waals surface area contributed by atoms with Gasteiger partial charge in [0.15, 0.2) is 17.5 Å². The van der Waals surface area contributed by atoms with Crippen LogP contribution in [0.4, 0.5) is 13.2 Å². The lowest BCUT2D eigenvalue weighted by Gasteiger charge is -2.04. The summed E-state index contributed by atoms with van der Waals surface area (Å²) in [6.07, 6.45) is 0. The molecule has 1 heterocycles. The summed E-state index contributed by atoms with van der Waals surface area (Å²) in [7, 11) is 0. The van der Waals surface area contributed by atoms with Crippen LogP contribution in [0.5, 0.6) is 0 Å². The van der Waals surface area contributed by atoms with Crippen LogP contribution in [-0.4, -0.2) is 4.98 Å². The Kier molecular flexibility index (Phi) is 3.90. The van der Waals surface area contributed by atoms with Crippen molar-refractivity contribution in [1.82, 2.24) is 10.3 Å². The van der Waals surface area contributed by atoms with Crippen LogP contribution in [0.1, 0.15) is 22.9 Å². The van der Waals surface area contributed by atoms with Gasteiger partial charge in [0, 0.05) is 6.54 Å². The van der Waals surface area contributed by atoms with E-state index in [9.17, 15) is 13.2 Å². The van der Waals surface area contributed by atoms with E-state index in [4.69, 9.17) is 4.42 Å². The van der Waals surface area contributed by atoms with Crippen LogP contribution in [-0.2, 0) is 13.1 Å². The first-order valence-corrected chi connectivity index (χ1v) is 5.74. The molecular formula is C13H13F3N2O. The number of nitrogens with one attached hydrogen (secondary N) is 1. The van der Waals surface area contributed by atoms with Crippen LogP contribution in [0.3, 0.4) is 0 Å². The zero-order chi connectivity index (χ0) is 14.0. The van der Waals surface area contributed by atoms with Crippen molar-refractivity contribution < 1.29 is 17.6 Å². The largest absolute Gasteiger partial charge is 0.444 e. The third kappa shape index (κ3) is 3.14. The van der Waals surface area contributed by atoms with Crippen LogP contribution in [0.2, 0.25) is 0 Å². The number of aromatic nitrogens is 1. The summed E-state index contributed by atoms with van der Waals surface area (Å²) in [4.78, 5) is 4.15. The van der Waals surface area contributed by atoms with Gasteiger partial charge in [-0.1, -0.05) is 0 Å². The van der Waals surface area contributed by atoms with Crippen LogP contribution in [0, 0.1) is 31.3 Å². The molecule has 0 aliphatic carbocycles. The van der Waals surface area contributed by atoms with Crippen LogP contribution >= 0.6 is 0 Å². The highest BCUT2D eigenvalue weighted by molar-refractivity contribution is 5.19. The van der Waals surface area contributed by atoms with Crippen molar-refractivity contribution in [3.05, 3.63) is 52.5 Å². The molecule has 2 rings (SSSR count). The molecule has 0 unspecified atom stereocenters. The Morgan fingerprint density at radius 3 is 2.26 bits per heavy atom. The molecule has 102 valence electrons. The number of aryl methyl sites for hydroxylation is 2. The molecule has 0 aliphatic heterocycles. The Morgan fingerprint density at radius 2 is 1.74 bits per heavy atom. The van der Waals surface area contributed by atoms with Gasteiger partial charge in [0.05, 0.1) is 12.2 Å². The van der Waals surface area contributed by atoms with E-state index in [1.54, 1.807) is 6.92 Å². The van der Waals surface area contributed by atoms with E-state index >= 15 is 0 Å². The Morgan fingerprint density at radius 1 is 1.11 bits per heavy atom. The minimum Gasteiger partial charge on any atom is -0.444 e. The lowest BCUT2D eigenvalue weighted by Crippen LogP contribution is -2.13. The smallest absolute Gasteiger partial charge is 0.208 e. The third-order valence-electron chi connectivity index (χ3n) is 2.72. The standard InChI is InChI=1S/C13H13F3N2O/c1-7-8(2)19-12(18-7)6-17-5-9-3-10(14)13(16)11(15)4-9/h3-4,17H,5-6H2,1-2H3. The van der Waals surface area contributed by atoms with Gasteiger partial charge in [-0.3, -0.25) is 0 Å². The summed E-state index contributed by atoms with van der Waals surface area (Å²) in [5.74, 6) is -2.62. The van der Waals surface area contributed by atoms with Crippen molar-refractivity contribution in [3.63, 3.8) is 0 Å². The predicted octanol–water partition coefficient (Wildman–Crippen LogP) is 3.00. The van der Waals surface area contributed by atoms with E-state index in [0.29, 0.717) is 18.0 Å². The van der Waals surface area contributed by atoms with E-state index in [1.165, 1.54) is 0 Å². The maximum Gasteiger partial charge on any atom is 0.208 e. The second-order valence-electron chi connectivity index (χ2n) is 4.23. The molecule has 0 bridgehead atoms. The first-order valence-electron chi connectivity index (χ1n) is 5.74. The SMILES string of the molecule is Cc1nc(CNCc2cc(F)c(F)c(F)c2)oc1C. The summed E-state index contributed by atoms with van der Waals surface area (Å²) in [5, 5.41) is 2.92. The van der Waals surface area contributed by atoms with Gasteiger partial charge in [-0.05, 0) is 31.5 Å². The van der Waals surface area contributed by atoms with Gasteiger partial charge in [0.2, 0.25) is 5.89 Å². The van der Waals surface area contributed by atoms with Crippen molar-refractivity contribution in [2.75, 3.05) is 0 Å². The average molecular weight is 270 g/mol. The first kappa shape index (κ1) is 13.6. The molecule has 1 aromatic heterocycles. The third-order valence-corrected chi connectivity index (χ3v) is 2.72. The maximum absolute atomic E-state index is 13.0. The minimum atomic E-state index is -1.46. The Balaban J connectivity index is 1.96. The number of nitrogens with zero attached hydrogens (tertiary/aromatic N) is 1. The van der Waals surface area contributed by atoms with Crippen molar-refractivity contribution in [3.8, 4) is 0 Å². The fraction of sp³-hybridized carbons (Fsp3) is 0.308. The summed E-state index contributed by atoms with van der Waals surface area (Å²) in [5.41, 5.74) is 1.12. The highest BCUT2D eigenvalue weighted by Crippen LogP contribution is 2.14. The molecule has 19 heavy (non-hydrogen) atoms. The fourth-order valence-electron chi connectivity index (χ4n) is 1.64. The van der Waals surface area contributed by atoms with Gasteiger partial charge in [0.25, 0.3) is 0 Å². The van der Waals surface area contributed by atoms with Gasteiger partial charge in [0.1, 0.15) is 5.76 Å². The molecule has 1 aromatic carbocycles. The second kappa shape index (κ2) is 5.44. The van der Waals surface area contributed by atoms with Crippen molar-refractivity contribution in [2.45, 2.75) is 26.9 Å². The molecule has 0 spiro atoms. The molecule has 3 nitrogen and oxygen atoms in total. The topological polar surface area (TPSA) is 38.1 Å². The minimum absolute atomic E-state index is 0.189. The van der Waals surface area contributed by atoms with Gasteiger partial charge >= 0.3 is 0 Å². The van der Waals surface area contributed by atoms with E-state index in [1.807, 2.05) is 6.92 Å². The fourth-order valence-corrected chi connectivity index (χ4v) is 1.64. The van der Waals surface area contributed by atoms with Gasteiger partial charge < -0.3 is 9.73 Å². The molecule has 0 saturated carbocycles. The predicted molar refractivity (Wildman–Crippen MR) is 62.8 cm³/mol. The summed E-state index contributed by atoms with van der Waals surface area (Å²) in [6, 6.07) is 1.91. The highest BCUT2D eigenvalue weighted by Gasteiger charge is 2.10. The Bertz CT molecular complexity index is 553. The molecule has 1 N–H and O–H groups in total. The summed E-state index contributed by atoms with van der Waals surface area (Å²) in [6.45, 7) is 4.15. The van der Waals surface area contributed by atoms with Crippen LogP contribution < -0.4 is 5.32 Å². The molecule has 0 aliphatic rings. The highest BCUT2D eigenvalue weighted by atomic mass is 19.2. The molecule has 2 aromatic rings. The lowest BCUT2D eigenvalue weighted by atomic mass is 10.2. The molecular weight excluding hydrogens is 257 g/mol. The number of benzene rings is 1. The number of hydrogen-bond acceptors (Lipinski definition) is 3. The van der Waals surface area contributed by atoms with Gasteiger partial charge in [-0.2, -0.15) is 0 Å². The van der Waals surface area contributed by atoms with Crippen molar-refractivity contribution in [2.24, 2.45) is 0 Å². The number of halogens is 3. The number of rotatable bonds is 4. The van der Waals surface area contributed by atoms with Crippen molar-refractivity contribution in [1.29, 1.82) is 0 Å². The zero-order valence-corrected chi connectivity index (χ0v) is 10.6.